The van der Waals surface area contributed by atoms with Crippen LogP contribution in [0.25, 0.3) is 83.2 Å². The third-order valence-electron chi connectivity index (χ3n) is 12.7. The first-order valence-corrected chi connectivity index (χ1v) is 21.6. The molecule has 9 aromatic carbocycles. The fraction of sp³-hybridized carbons (Fsp3) is 0.0169. The number of hydrogen-bond acceptors (Lipinski definition) is 2. The Balaban J connectivity index is 0.00000444. The number of fused-ring (bicyclic) bond motifs is 8. The van der Waals surface area contributed by atoms with E-state index in [1.807, 2.05) is 54.6 Å². The van der Waals surface area contributed by atoms with Crippen LogP contribution in [0.2, 0.25) is 0 Å². The molecule has 0 saturated carbocycles. The van der Waals surface area contributed by atoms with Crippen molar-refractivity contribution >= 4 is 43.7 Å². The van der Waals surface area contributed by atoms with Crippen LogP contribution in [0.4, 0.5) is 0 Å². The molecule has 0 unspecified atom stereocenters. The van der Waals surface area contributed by atoms with E-state index in [9.17, 15) is 0 Å². The van der Waals surface area contributed by atoms with Gasteiger partial charge in [-0.05, 0) is 68.9 Å². The van der Waals surface area contributed by atoms with Crippen molar-refractivity contribution in [2.24, 2.45) is 0 Å². The number of aromatic nitrogens is 4. The number of pyridine rings is 1. The van der Waals surface area contributed by atoms with Crippen LogP contribution in [-0.2, 0) is 21.1 Å². The molecule has 6 heteroatoms. The average molecular weight is 1010 g/mol. The van der Waals surface area contributed by atoms with Gasteiger partial charge in [-0.2, -0.15) is 12.1 Å². The molecule has 0 spiro atoms. The molecule has 310 valence electrons. The van der Waals surface area contributed by atoms with Gasteiger partial charge in [0.15, 0.2) is 0 Å². The van der Waals surface area contributed by atoms with Crippen LogP contribution >= 0.6 is 0 Å². The molecule has 3 aromatic heterocycles. The Kier molecular flexibility index (Phi) is 9.40. The normalized spacial score (nSPS) is 12.1. The first-order valence-electron chi connectivity index (χ1n) is 21.6. The Hall–Kier alpha value is -7.85. The van der Waals surface area contributed by atoms with Crippen LogP contribution < -0.4 is 9.30 Å². The minimum Gasteiger partial charge on any atom is -0.503 e. The fourth-order valence-electron chi connectivity index (χ4n) is 9.90. The third kappa shape index (κ3) is 6.34. The van der Waals surface area contributed by atoms with Crippen LogP contribution in [0.15, 0.2) is 212 Å². The van der Waals surface area contributed by atoms with Crippen molar-refractivity contribution < 1.29 is 30.4 Å². The van der Waals surface area contributed by atoms with Crippen LogP contribution in [0.1, 0.15) is 22.6 Å². The summed E-state index contributed by atoms with van der Waals surface area (Å²) in [6.07, 6.45) is 3.89. The Labute approximate surface area is 390 Å². The summed E-state index contributed by atoms with van der Waals surface area (Å²) in [6.45, 7) is 0. The number of para-hydroxylation sites is 6. The topological polar surface area (TPSA) is 35.9 Å². The van der Waals surface area contributed by atoms with E-state index >= 15 is 0 Å². The summed E-state index contributed by atoms with van der Waals surface area (Å²) in [6, 6.07) is 81.7. The zero-order valence-electron chi connectivity index (χ0n) is 34.8. The summed E-state index contributed by atoms with van der Waals surface area (Å²) in [7, 11) is 0. The number of nitrogens with zero attached hydrogens (tertiary/aromatic N) is 4. The second-order valence-corrected chi connectivity index (χ2v) is 16.3. The second-order valence-electron chi connectivity index (χ2n) is 16.3. The molecule has 1 aliphatic rings. The molecular weight excluding hydrogens is 976 g/mol. The molecule has 0 amide bonds. The van der Waals surface area contributed by atoms with Crippen molar-refractivity contribution in [2.75, 3.05) is 0 Å². The maximum atomic E-state index is 6.52. The van der Waals surface area contributed by atoms with E-state index in [2.05, 4.69) is 190 Å². The Morgan fingerprint density at radius 2 is 1.09 bits per heavy atom. The zero-order chi connectivity index (χ0) is 42.1. The van der Waals surface area contributed by atoms with E-state index < -0.39 is 0 Å². The monoisotopic (exact) mass is 1010 g/mol. The minimum absolute atomic E-state index is 0. The number of rotatable bonds is 7. The Morgan fingerprint density at radius 1 is 0.492 bits per heavy atom. The largest absolute Gasteiger partial charge is 0.503 e. The maximum absolute atomic E-state index is 6.52. The van der Waals surface area contributed by atoms with Crippen LogP contribution in [0.3, 0.4) is 0 Å². The van der Waals surface area contributed by atoms with Gasteiger partial charge in [0.2, 0.25) is 0 Å². The van der Waals surface area contributed by atoms with E-state index in [0.29, 0.717) is 11.5 Å². The predicted molar refractivity (Wildman–Crippen MR) is 256 cm³/mol. The van der Waals surface area contributed by atoms with E-state index in [0.717, 1.165) is 61.3 Å². The van der Waals surface area contributed by atoms with Gasteiger partial charge in [-0.3, -0.25) is 9.55 Å². The van der Waals surface area contributed by atoms with E-state index in [-0.39, 0.29) is 27.0 Å². The van der Waals surface area contributed by atoms with Gasteiger partial charge in [0.05, 0.1) is 39.0 Å². The second kappa shape index (κ2) is 15.7. The molecule has 5 nitrogen and oxygen atoms in total. The Bertz CT molecular complexity index is 3710. The van der Waals surface area contributed by atoms with Crippen LogP contribution in [0, 0.1) is 18.5 Å². The van der Waals surface area contributed by atoms with Gasteiger partial charge < -0.3 is 13.9 Å². The van der Waals surface area contributed by atoms with Gasteiger partial charge in [-0.25, -0.2) is 0 Å². The van der Waals surface area contributed by atoms with Crippen molar-refractivity contribution in [1.82, 2.24) is 14.1 Å². The summed E-state index contributed by atoms with van der Waals surface area (Å²) in [4.78, 5) is 4.90. The molecule has 13 rings (SSSR count). The molecular formula is C59H36N4OPt-2. The van der Waals surface area contributed by atoms with Crippen molar-refractivity contribution in [3.8, 4) is 50.9 Å². The summed E-state index contributed by atoms with van der Waals surface area (Å²) in [5, 5.41) is 3.52. The first kappa shape index (κ1) is 38.8. The smallest absolute Gasteiger partial charge is 0.268 e. The van der Waals surface area contributed by atoms with E-state index in [1.54, 1.807) is 0 Å². The number of imidazole rings is 1. The molecule has 0 N–H and O–H groups in total. The quantitative estimate of drug-likeness (QED) is 0.118. The number of benzene rings is 9. The molecule has 0 bridgehead atoms. The standard InChI is InChI=1S/C59H36N4O.Pt/c1-8-28-51-39(16-1)34-35-52(60-51)40-17-13-19-42(36-40)64-43-20-14-18-41(37-43)61-38-62(56-32-12-11-31-55(56)61)59-50(58-48-25-4-2-21-44(48)45-22-3-5-26-49(45)58)27-15-33-57(59)63-53-29-9-6-23-46(53)47-24-7-10-30-54(47)63;/h1-35,58H;/q-2;. The third-order valence-corrected chi connectivity index (χ3v) is 12.7. The van der Waals surface area contributed by atoms with Crippen molar-refractivity contribution in [1.29, 1.82) is 0 Å². The van der Waals surface area contributed by atoms with Gasteiger partial charge in [-0.15, -0.1) is 35.9 Å². The van der Waals surface area contributed by atoms with E-state index in [4.69, 9.17) is 9.72 Å². The molecule has 3 heterocycles. The zero-order valence-corrected chi connectivity index (χ0v) is 37.1. The van der Waals surface area contributed by atoms with Crippen molar-refractivity contribution in [3.05, 3.63) is 247 Å². The molecule has 65 heavy (non-hydrogen) atoms. The van der Waals surface area contributed by atoms with Gasteiger partial charge in [0.25, 0.3) is 6.33 Å². The van der Waals surface area contributed by atoms with Gasteiger partial charge in [0.1, 0.15) is 0 Å². The fourth-order valence-corrected chi connectivity index (χ4v) is 9.90. The summed E-state index contributed by atoms with van der Waals surface area (Å²) in [5.74, 6) is 1.14. The summed E-state index contributed by atoms with van der Waals surface area (Å²) < 4.78 is 13.3. The average Bonchev–Trinajstić information content (AvgIpc) is 4.02. The molecule has 0 aliphatic heterocycles. The molecule has 0 atom stereocenters. The molecule has 1 aliphatic carbocycles. The molecule has 12 aromatic rings. The first-order chi connectivity index (χ1) is 31.7. The summed E-state index contributed by atoms with van der Waals surface area (Å²) >= 11 is 0. The van der Waals surface area contributed by atoms with Crippen LogP contribution in [-0.4, -0.2) is 14.1 Å². The molecule has 0 saturated heterocycles. The SMILES string of the molecule is [Pt].[c-]1c(Oc2[c-]c(-n3[c-][n+](-c4c(C5c6ccccc6-c6ccccc65)cccc4-n4c5ccccc5c5ccccc54)c4ccccc43)ccc2)cccc1-c1ccc2ccccc2n1. The van der Waals surface area contributed by atoms with Gasteiger partial charge >= 0.3 is 0 Å². The predicted octanol–water partition coefficient (Wildman–Crippen LogP) is 13.6. The van der Waals surface area contributed by atoms with Crippen molar-refractivity contribution in [3.63, 3.8) is 0 Å². The van der Waals surface area contributed by atoms with Crippen molar-refractivity contribution in [2.45, 2.75) is 5.92 Å². The molecule has 0 radical (unpaired) electrons. The van der Waals surface area contributed by atoms with Gasteiger partial charge in [-0.1, -0.05) is 158 Å². The minimum atomic E-state index is -0.0152. The van der Waals surface area contributed by atoms with Gasteiger partial charge in [0, 0.05) is 49.3 Å². The number of hydrogen-bond donors (Lipinski definition) is 0. The van der Waals surface area contributed by atoms with E-state index in [1.165, 1.54) is 38.6 Å². The van der Waals surface area contributed by atoms with Crippen LogP contribution in [0.5, 0.6) is 11.5 Å². The maximum Gasteiger partial charge on any atom is 0.268 e. The Morgan fingerprint density at radius 3 is 1.86 bits per heavy atom. The molecule has 0 fully saturated rings. The number of ether oxygens (including phenoxy) is 1. The summed E-state index contributed by atoms with van der Waals surface area (Å²) in [5.41, 5.74) is 16.2.